The summed E-state index contributed by atoms with van der Waals surface area (Å²) < 4.78 is 30.4. The average molecular weight is 460 g/mol. The molecule has 6 nitrogen and oxygen atoms in total. The van der Waals surface area contributed by atoms with E-state index in [1.54, 1.807) is 42.5 Å². The largest absolute Gasteiger partial charge is 0.429 e. The topological polar surface area (TPSA) is 78.9 Å². The van der Waals surface area contributed by atoms with Crippen LogP contribution in [0.4, 0.5) is 4.39 Å². The highest BCUT2D eigenvalue weighted by Gasteiger charge is 2.17. The third-order valence-electron chi connectivity index (χ3n) is 4.68. The van der Waals surface area contributed by atoms with E-state index in [0.717, 1.165) is 0 Å². The summed E-state index contributed by atoms with van der Waals surface area (Å²) in [6, 6.07) is 15.6. The van der Waals surface area contributed by atoms with Crippen molar-refractivity contribution in [1.82, 2.24) is 0 Å². The number of halogens is 1. The number of esters is 2. The summed E-state index contributed by atoms with van der Waals surface area (Å²) in [5.41, 5.74) is 2.16. The van der Waals surface area contributed by atoms with Gasteiger partial charge >= 0.3 is 11.9 Å². The number of carbonyl (C=O) groups is 3. The molecule has 0 radical (unpaired) electrons. The van der Waals surface area contributed by atoms with Gasteiger partial charge in [-0.25, -0.2) is 14.0 Å². The van der Waals surface area contributed by atoms with Crippen LogP contribution < -0.4 is 14.2 Å². The van der Waals surface area contributed by atoms with Gasteiger partial charge in [0.25, 0.3) is 6.47 Å². The number of rotatable bonds is 8. The Morgan fingerprint density at radius 3 is 2.03 bits per heavy atom. The molecule has 0 atom stereocenters. The van der Waals surface area contributed by atoms with Crippen molar-refractivity contribution in [2.45, 2.75) is 13.8 Å². The molecule has 0 spiro atoms. The molecule has 0 fully saturated rings. The second-order valence-corrected chi connectivity index (χ2v) is 7.44. The first-order chi connectivity index (χ1) is 16.2. The summed E-state index contributed by atoms with van der Waals surface area (Å²) in [6.45, 7) is 10.3. The Bertz CT molecular complexity index is 1310. The van der Waals surface area contributed by atoms with Crippen molar-refractivity contribution < 1.29 is 33.0 Å². The minimum Gasteiger partial charge on any atom is -0.429 e. The summed E-state index contributed by atoms with van der Waals surface area (Å²) in [5.74, 6) is -1.63. The van der Waals surface area contributed by atoms with Gasteiger partial charge < -0.3 is 14.2 Å². The third-order valence-corrected chi connectivity index (χ3v) is 4.68. The van der Waals surface area contributed by atoms with Gasteiger partial charge in [-0.05, 0) is 60.9 Å². The molecule has 0 saturated carbocycles. The van der Waals surface area contributed by atoms with Crippen molar-refractivity contribution in [3.05, 3.63) is 90.8 Å². The fourth-order valence-electron chi connectivity index (χ4n) is 2.95. The molecule has 0 saturated heterocycles. The van der Waals surface area contributed by atoms with Crippen LogP contribution in [-0.2, 0) is 14.4 Å². The lowest BCUT2D eigenvalue weighted by molar-refractivity contribution is -0.132. The zero-order valence-electron chi connectivity index (χ0n) is 18.6. The van der Waals surface area contributed by atoms with E-state index in [-0.39, 0.29) is 22.6 Å². The van der Waals surface area contributed by atoms with E-state index in [1.807, 2.05) is 0 Å². The molecular weight excluding hydrogens is 439 g/mol. The number of ether oxygens (including phenoxy) is 3. The van der Waals surface area contributed by atoms with Crippen LogP contribution in [0.3, 0.4) is 0 Å². The van der Waals surface area contributed by atoms with Crippen molar-refractivity contribution >= 4 is 18.4 Å². The maximum absolute atomic E-state index is 15.0. The molecule has 3 rings (SSSR count). The smallest absolute Gasteiger partial charge is 0.338 e. The predicted molar refractivity (Wildman–Crippen MR) is 125 cm³/mol. The fourth-order valence-corrected chi connectivity index (χ4v) is 2.95. The first-order valence-electron chi connectivity index (χ1n) is 10.1. The van der Waals surface area contributed by atoms with Gasteiger partial charge in [-0.1, -0.05) is 43.5 Å². The molecule has 0 unspecified atom stereocenters. The maximum Gasteiger partial charge on any atom is 0.338 e. The van der Waals surface area contributed by atoms with E-state index in [1.165, 1.54) is 32.0 Å². The predicted octanol–water partition coefficient (Wildman–Crippen LogP) is 5.66. The van der Waals surface area contributed by atoms with Gasteiger partial charge in [0.1, 0.15) is 11.6 Å². The minimum absolute atomic E-state index is 0.00966. The monoisotopic (exact) mass is 460 g/mol. The molecular formula is C27H21FO6. The van der Waals surface area contributed by atoms with Crippen LogP contribution in [0.5, 0.6) is 17.2 Å². The summed E-state index contributed by atoms with van der Waals surface area (Å²) in [4.78, 5) is 34.6. The van der Waals surface area contributed by atoms with Crippen molar-refractivity contribution in [2.75, 3.05) is 0 Å². The second-order valence-electron chi connectivity index (χ2n) is 7.44. The van der Waals surface area contributed by atoms with E-state index in [4.69, 9.17) is 14.2 Å². The SMILES string of the molecule is C=C(C)C(=O)Oc1ccc(-c2ccc(-c3cccc(OC=O)c3)c(F)c2)cc1OC(=O)C(=C)C. The zero-order chi connectivity index (χ0) is 24.8. The zero-order valence-corrected chi connectivity index (χ0v) is 18.6. The molecule has 0 heterocycles. The molecule has 172 valence electrons. The Morgan fingerprint density at radius 1 is 0.794 bits per heavy atom. The lowest BCUT2D eigenvalue weighted by Crippen LogP contribution is -2.12. The highest BCUT2D eigenvalue weighted by atomic mass is 19.1. The van der Waals surface area contributed by atoms with E-state index >= 15 is 4.39 Å². The Labute approximate surface area is 195 Å². The fraction of sp³-hybridized carbons (Fsp3) is 0.0741. The Hall–Kier alpha value is -4.52. The molecule has 0 N–H and O–H groups in total. The quantitative estimate of drug-likeness (QED) is 0.187. The molecule has 0 bridgehead atoms. The van der Waals surface area contributed by atoms with Gasteiger partial charge in [0.2, 0.25) is 0 Å². The molecule has 3 aromatic rings. The van der Waals surface area contributed by atoms with E-state index in [2.05, 4.69) is 13.2 Å². The molecule has 0 amide bonds. The van der Waals surface area contributed by atoms with Gasteiger partial charge in [0, 0.05) is 16.7 Å². The second kappa shape index (κ2) is 10.4. The van der Waals surface area contributed by atoms with Gasteiger partial charge in [0.15, 0.2) is 11.5 Å². The van der Waals surface area contributed by atoms with E-state index in [9.17, 15) is 14.4 Å². The van der Waals surface area contributed by atoms with Crippen LogP contribution in [0.1, 0.15) is 13.8 Å². The highest BCUT2D eigenvalue weighted by molar-refractivity contribution is 5.91. The van der Waals surface area contributed by atoms with Crippen LogP contribution in [0.15, 0.2) is 85.0 Å². The van der Waals surface area contributed by atoms with Crippen molar-refractivity contribution in [1.29, 1.82) is 0 Å². The van der Waals surface area contributed by atoms with Crippen molar-refractivity contribution in [3.63, 3.8) is 0 Å². The summed E-state index contributed by atoms with van der Waals surface area (Å²) >= 11 is 0. The van der Waals surface area contributed by atoms with Crippen LogP contribution in [0.25, 0.3) is 22.3 Å². The third kappa shape index (κ3) is 5.63. The Balaban J connectivity index is 1.99. The number of hydrogen-bond donors (Lipinski definition) is 0. The highest BCUT2D eigenvalue weighted by Crippen LogP contribution is 2.35. The summed E-state index contributed by atoms with van der Waals surface area (Å²) in [6.07, 6.45) is 0. The van der Waals surface area contributed by atoms with Crippen LogP contribution in [0.2, 0.25) is 0 Å². The normalized spacial score (nSPS) is 10.2. The number of benzene rings is 3. The van der Waals surface area contributed by atoms with Crippen molar-refractivity contribution in [3.8, 4) is 39.5 Å². The minimum atomic E-state index is -0.705. The standard InChI is InChI=1S/C27H21FO6/c1-16(2)26(30)33-24-11-9-19(14-25(24)34-27(31)17(3)4)18-8-10-22(23(28)13-18)20-6-5-7-21(12-20)32-15-29/h5-15H,1,3H2,2,4H3. The molecule has 3 aromatic carbocycles. The Kier molecular flexibility index (Phi) is 7.38. The Morgan fingerprint density at radius 2 is 1.41 bits per heavy atom. The van der Waals surface area contributed by atoms with Gasteiger partial charge in [-0.15, -0.1) is 0 Å². The van der Waals surface area contributed by atoms with Crippen LogP contribution >= 0.6 is 0 Å². The lowest BCUT2D eigenvalue weighted by Gasteiger charge is -2.13. The van der Waals surface area contributed by atoms with E-state index in [0.29, 0.717) is 34.5 Å². The average Bonchev–Trinajstić information content (AvgIpc) is 2.80. The van der Waals surface area contributed by atoms with Crippen LogP contribution in [-0.4, -0.2) is 18.4 Å². The molecule has 0 aliphatic carbocycles. The van der Waals surface area contributed by atoms with Gasteiger partial charge in [-0.2, -0.15) is 0 Å². The van der Waals surface area contributed by atoms with E-state index < -0.39 is 17.8 Å². The first-order valence-corrected chi connectivity index (χ1v) is 10.1. The maximum atomic E-state index is 15.0. The molecule has 0 aliphatic rings. The van der Waals surface area contributed by atoms with Crippen molar-refractivity contribution in [2.24, 2.45) is 0 Å². The first kappa shape index (κ1) is 24.1. The molecule has 7 heteroatoms. The van der Waals surface area contributed by atoms with Gasteiger partial charge in [0.05, 0.1) is 0 Å². The number of carbonyl (C=O) groups excluding carboxylic acids is 3. The summed E-state index contributed by atoms with van der Waals surface area (Å²) in [5, 5.41) is 0. The summed E-state index contributed by atoms with van der Waals surface area (Å²) in [7, 11) is 0. The molecule has 34 heavy (non-hydrogen) atoms. The van der Waals surface area contributed by atoms with Gasteiger partial charge in [-0.3, -0.25) is 4.79 Å². The van der Waals surface area contributed by atoms with Crippen LogP contribution in [0, 0.1) is 5.82 Å². The lowest BCUT2D eigenvalue weighted by atomic mass is 9.99. The molecule has 0 aliphatic heterocycles. The number of hydrogen-bond acceptors (Lipinski definition) is 6. The molecule has 0 aromatic heterocycles.